The van der Waals surface area contributed by atoms with Gasteiger partial charge in [-0.25, -0.2) is 0 Å². The topological polar surface area (TPSA) is 91.0 Å². The minimum absolute atomic E-state index is 0.0547. The van der Waals surface area contributed by atoms with E-state index >= 15 is 0 Å². The van der Waals surface area contributed by atoms with Crippen LogP contribution in [0, 0.1) is 11.8 Å². The van der Waals surface area contributed by atoms with Gasteiger partial charge in [-0.15, -0.1) is 0 Å². The van der Waals surface area contributed by atoms with Gasteiger partial charge >= 0.3 is 0 Å². The number of fused-ring (bicyclic) bond motifs is 1. The van der Waals surface area contributed by atoms with Crippen LogP contribution in [-0.2, 0) is 16.0 Å². The van der Waals surface area contributed by atoms with Crippen LogP contribution in [0.5, 0.6) is 5.75 Å². The van der Waals surface area contributed by atoms with Crippen LogP contribution in [0.1, 0.15) is 35.2 Å². The van der Waals surface area contributed by atoms with E-state index in [1.165, 1.54) is 0 Å². The predicted octanol–water partition coefficient (Wildman–Crippen LogP) is 0.656. The Morgan fingerprint density at radius 1 is 1.29 bits per heavy atom. The molecule has 4 rings (SSSR count). The summed E-state index contributed by atoms with van der Waals surface area (Å²) in [5.41, 5.74) is 0.739. The number of rotatable bonds is 3. The zero-order chi connectivity index (χ0) is 22.2. The number of aryl methyl sites for hydroxylation is 1. The SMILES string of the molecule is COc1ccc2c(c1)C(=O)N[C@@]1(CC2)CN(C(=O)[C@H]2CCCNC2)C[C@@H]1C(=O)N(C)C. The third-order valence-corrected chi connectivity index (χ3v) is 7.00. The number of ether oxygens (including phenoxy) is 1. The number of likely N-dealkylation sites (tertiary alicyclic amines) is 1. The summed E-state index contributed by atoms with van der Waals surface area (Å²) >= 11 is 0. The van der Waals surface area contributed by atoms with Crippen molar-refractivity contribution in [1.82, 2.24) is 20.4 Å². The molecule has 0 bridgehead atoms. The number of amides is 3. The molecule has 3 aliphatic rings. The van der Waals surface area contributed by atoms with Crippen LogP contribution in [0.3, 0.4) is 0 Å². The fourth-order valence-corrected chi connectivity index (χ4v) is 5.23. The first-order valence-corrected chi connectivity index (χ1v) is 11.0. The van der Waals surface area contributed by atoms with E-state index in [9.17, 15) is 14.4 Å². The summed E-state index contributed by atoms with van der Waals surface area (Å²) in [6.45, 7) is 2.31. The van der Waals surface area contributed by atoms with E-state index in [1.807, 2.05) is 12.1 Å². The number of nitrogens with zero attached hydrogens (tertiary/aromatic N) is 2. The standard InChI is InChI=1S/C23H32N4O4/c1-26(2)22(30)19-13-27(21(29)16-5-4-10-24-12-16)14-23(19)9-8-15-6-7-17(31-3)11-18(15)20(28)25-23/h6-7,11,16,19,24H,4-5,8-10,12-14H2,1-3H3,(H,25,28)/t16-,19+,23-/m0/s1. The maximum Gasteiger partial charge on any atom is 0.252 e. The molecule has 31 heavy (non-hydrogen) atoms. The quantitative estimate of drug-likeness (QED) is 0.738. The number of nitrogens with one attached hydrogen (secondary N) is 2. The maximum absolute atomic E-state index is 13.3. The molecule has 0 unspecified atom stereocenters. The number of piperidine rings is 1. The lowest BCUT2D eigenvalue weighted by Crippen LogP contribution is -2.57. The summed E-state index contributed by atoms with van der Waals surface area (Å²) in [4.78, 5) is 43.0. The lowest BCUT2D eigenvalue weighted by atomic mass is 9.81. The first kappa shape index (κ1) is 21.6. The summed E-state index contributed by atoms with van der Waals surface area (Å²) in [5.74, 6) is -0.0975. The van der Waals surface area contributed by atoms with Crippen LogP contribution >= 0.6 is 0 Å². The van der Waals surface area contributed by atoms with Gasteiger partial charge in [-0.05, 0) is 49.9 Å². The van der Waals surface area contributed by atoms with Gasteiger partial charge < -0.3 is 25.2 Å². The normalized spacial score (nSPS) is 28.0. The van der Waals surface area contributed by atoms with E-state index in [1.54, 1.807) is 37.1 Å². The van der Waals surface area contributed by atoms with Crippen molar-refractivity contribution >= 4 is 17.7 Å². The van der Waals surface area contributed by atoms with Gasteiger partial charge in [0.1, 0.15) is 5.75 Å². The van der Waals surface area contributed by atoms with Gasteiger partial charge in [0, 0.05) is 39.3 Å². The average Bonchev–Trinajstić information content (AvgIpc) is 3.09. The molecule has 1 aromatic carbocycles. The van der Waals surface area contributed by atoms with E-state index in [0.29, 0.717) is 43.8 Å². The third-order valence-electron chi connectivity index (χ3n) is 7.00. The van der Waals surface area contributed by atoms with Gasteiger partial charge in [-0.3, -0.25) is 14.4 Å². The minimum Gasteiger partial charge on any atom is -0.497 e. The first-order valence-electron chi connectivity index (χ1n) is 11.0. The van der Waals surface area contributed by atoms with Gasteiger partial charge in [-0.2, -0.15) is 0 Å². The van der Waals surface area contributed by atoms with Crippen LogP contribution in [0.15, 0.2) is 18.2 Å². The Hall–Kier alpha value is -2.61. The third kappa shape index (κ3) is 4.01. The second-order valence-electron chi connectivity index (χ2n) is 9.18. The molecule has 8 nitrogen and oxygen atoms in total. The Kier molecular flexibility index (Phi) is 5.92. The van der Waals surface area contributed by atoms with Crippen LogP contribution < -0.4 is 15.4 Å². The Labute approximate surface area is 183 Å². The van der Waals surface area contributed by atoms with E-state index in [-0.39, 0.29) is 23.6 Å². The molecule has 3 heterocycles. The van der Waals surface area contributed by atoms with Crippen molar-refractivity contribution in [1.29, 1.82) is 0 Å². The summed E-state index contributed by atoms with van der Waals surface area (Å²) < 4.78 is 5.29. The molecule has 0 aromatic heterocycles. The molecule has 2 fully saturated rings. The Bertz CT molecular complexity index is 880. The van der Waals surface area contributed by atoms with Crippen LogP contribution in [0.4, 0.5) is 0 Å². The van der Waals surface area contributed by atoms with E-state index in [2.05, 4.69) is 10.6 Å². The molecule has 0 saturated carbocycles. The van der Waals surface area contributed by atoms with E-state index in [0.717, 1.165) is 24.9 Å². The number of carbonyl (C=O) groups is 3. The molecule has 1 spiro atoms. The first-order chi connectivity index (χ1) is 14.8. The second kappa shape index (κ2) is 8.49. The smallest absolute Gasteiger partial charge is 0.252 e. The molecular weight excluding hydrogens is 396 g/mol. The van der Waals surface area contributed by atoms with Crippen molar-refractivity contribution in [3.8, 4) is 5.75 Å². The van der Waals surface area contributed by atoms with Crippen molar-refractivity contribution < 1.29 is 19.1 Å². The number of carbonyl (C=O) groups excluding carboxylic acids is 3. The highest BCUT2D eigenvalue weighted by molar-refractivity contribution is 5.98. The van der Waals surface area contributed by atoms with Crippen molar-refractivity contribution in [3.05, 3.63) is 29.3 Å². The second-order valence-corrected chi connectivity index (χ2v) is 9.18. The molecule has 3 atom stereocenters. The number of benzene rings is 1. The number of methoxy groups -OCH3 is 1. The van der Waals surface area contributed by atoms with Gasteiger partial charge in [0.25, 0.3) is 5.91 Å². The highest BCUT2D eigenvalue weighted by Gasteiger charge is 2.54. The lowest BCUT2D eigenvalue weighted by molar-refractivity contribution is -0.136. The Balaban J connectivity index is 1.64. The largest absolute Gasteiger partial charge is 0.497 e. The molecule has 2 N–H and O–H groups in total. The Morgan fingerprint density at radius 2 is 2.10 bits per heavy atom. The van der Waals surface area contributed by atoms with Crippen molar-refractivity contribution in [2.24, 2.45) is 11.8 Å². The zero-order valence-corrected chi connectivity index (χ0v) is 18.6. The molecule has 168 valence electrons. The highest BCUT2D eigenvalue weighted by Crippen LogP contribution is 2.37. The van der Waals surface area contributed by atoms with Crippen LogP contribution in [0.2, 0.25) is 0 Å². The molecule has 2 saturated heterocycles. The molecule has 0 aliphatic carbocycles. The number of hydrogen-bond acceptors (Lipinski definition) is 5. The van der Waals surface area contributed by atoms with Crippen molar-refractivity contribution in [2.75, 3.05) is 47.4 Å². The van der Waals surface area contributed by atoms with Gasteiger partial charge in [0.05, 0.1) is 24.5 Å². The minimum atomic E-state index is -0.775. The molecule has 3 aliphatic heterocycles. The fraction of sp³-hybridized carbons (Fsp3) is 0.609. The molecule has 8 heteroatoms. The molecule has 0 radical (unpaired) electrons. The maximum atomic E-state index is 13.3. The van der Waals surface area contributed by atoms with Crippen LogP contribution in [-0.4, -0.2) is 80.4 Å². The molecule has 3 amide bonds. The summed E-state index contributed by atoms with van der Waals surface area (Å²) in [6, 6.07) is 5.52. The zero-order valence-electron chi connectivity index (χ0n) is 18.6. The fourth-order valence-electron chi connectivity index (χ4n) is 5.23. The molecular formula is C23H32N4O4. The summed E-state index contributed by atoms with van der Waals surface area (Å²) in [5, 5.41) is 6.48. The number of hydrogen-bond donors (Lipinski definition) is 2. The average molecular weight is 429 g/mol. The van der Waals surface area contributed by atoms with Crippen molar-refractivity contribution in [2.45, 2.75) is 31.2 Å². The predicted molar refractivity (Wildman–Crippen MR) is 116 cm³/mol. The van der Waals surface area contributed by atoms with Gasteiger partial charge in [0.15, 0.2) is 0 Å². The van der Waals surface area contributed by atoms with Crippen LogP contribution in [0.25, 0.3) is 0 Å². The monoisotopic (exact) mass is 428 g/mol. The van der Waals surface area contributed by atoms with E-state index < -0.39 is 11.5 Å². The summed E-state index contributed by atoms with van der Waals surface area (Å²) in [7, 11) is 5.03. The Morgan fingerprint density at radius 3 is 2.77 bits per heavy atom. The van der Waals surface area contributed by atoms with Gasteiger partial charge in [-0.1, -0.05) is 6.07 Å². The van der Waals surface area contributed by atoms with Crippen molar-refractivity contribution in [3.63, 3.8) is 0 Å². The summed E-state index contributed by atoms with van der Waals surface area (Å²) in [6.07, 6.45) is 3.10. The highest BCUT2D eigenvalue weighted by atomic mass is 16.5. The lowest BCUT2D eigenvalue weighted by Gasteiger charge is -2.35. The van der Waals surface area contributed by atoms with Gasteiger partial charge in [0.2, 0.25) is 11.8 Å². The van der Waals surface area contributed by atoms with E-state index in [4.69, 9.17) is 4.74 Å². The molecule has 1 aromatic rings.